The van der Waals surface area contributed by atoms with Crippen LogP contribution in [0.1, 0.15) is 24.3 Å². The van der Waals surface area contributed by atoms with Crippen LogP contribution in [0.25, 0.3) is 0 Å². The lowest BCUT2D eigenvalue weighted by Gasteiger charge is -2.47. The molecule has 4 rings (SSSR count). The summed E-state index contributed by atoms with van der Waals surface area (Å²) in [7, 11) is 0. The molecule has 0 aliphatic carbocycles. The van der Waals surface area contributed by atoms with E-state index in [9.17, 15) is 5.11 Å². The van der Waals surface area contributed by atoms with Gasteiger partial charge in [0.15, 0.2) is 12.6 Å². The molecule has 6 atom stereocenters. The van der Waals surface area contributed by atoms with Gasteiger partial charge in [0.1, 0.15) is 12.2 Å². The molecule has 5 nitrogen and oxygen atoms in total. The molecule has 2 aromatic carbocycles. The summed E-state index contributed by atoms with van der Waals surface area (Å²) in [6, 6.07) is 19.7. The van der Waals surface area contributed by atoms with Crippen molar-refractivity contribution in [2.24, 2.45) is 5.92 Å². The first-order valence-corrected chi connectivity index (χ1v) is 9.03. The molecule has 2 aromatic rings. The smallest absolute Gasteiger partial charge is 0.184 e. The van der Waals surface area contributed by atoms with Crippen LogP contribution < -0.4 is 0 Å². The van der Waals surface area contributed by atoms with E-state index < -0.39 is 24.8 Å². The van der Waals surface area contributed by atoms with Gasteiger partial charge in [0.25, 0.3) is 0 Å². The zero-order valence-electron chi connectivity index (χ0n) is 14.7. The summed E-state index contributed by atoms with van der Waals surface area (Å²) in [5, 5.41) is 10.8. The minimum atomic E-state index is -0.676. The third-order valence-corrected chi connectivity index (χ3v) is 5.00. The standard InChI is InChI=1S/C21H24O5/c1-14-18(22)19-17(13-24-21(26-19)16-10-6-3-7-11-16)25-20(14)23-12-15-8-4-2-5-9-15/h2-11,14,17-22H,12-13H2,1H3/t14?,17?,18-,19+,20-,21?/m1/s1. The lowest BCUT2D eigenvalue weighted by molar-refractivity contribution is -0.353. The Bertz CT molecular complexity index is 690. The fraction of sp³-hybridized carbons (Fsp3) is 0.429. The predicted octanol–water partition coefficient (Wildman–Crippen LogP) is 3.04. The van der Waals surface area contributed by atoms with Crippen molar-refractivity contribution in [2.75, 3.05) is 6.61 Å². The van der Waals surface area contributed by atoms with Crippen LogP contribution in [0, 0.1) is 5.92 Å². The number of aliphatic hydroxyl groups is 1. The molecule has 3 unspecified atom stereocenters. The number of rotatable bonds is 4. The minimum absolute atomic E-state index is 0.200. The molecule has 26 heavy (non-hydrogen) atoms. The van der Waals surface area contributed by atoms with Gasteiger partial charge >= 0.3 is 0 Å². The Morgan fingerprint density at radius 1 is 1.00 bits per heavy atom. The quantitative estimate of drug-likeness (QED) is 0.913. The van der Waals surface area contributed by atoms with Gasteiger partial charge in [-0.25, -0.2) is 0 Å². The molecule has 0 bridgehead atoms. The molecule has 2 heterocycles. The first-order chi connectivity index (χ1) is 12.7. The normalized spacial score (nSPS) is 34.2. The molecule has 1 N–H and O–H groups in total. The van der Waals surface area contributed by atoms with Gasteiger partial charge in [-0.3, -0.25) is 0 Å². The molecule has 0 radical (unpaired) electrons. The third-order valence-electron chi connectivity index (χ3n) is 5.00. The van der Waals surface area contributed by atoms with Crippen LogP contribution in [0.3, 0.4) is 0 Å². The molecule has 2 saturated heterocycles. The van der Waals surface area contributed by atoms with Crippen molar-refractivity contribution in [3.8, 4) is 0 Å². The van der Waals surface area contributed by atoms with E-state index >= 15 is 0 Å². The highest BCUT2D eigenvalue weighted by atomic mass is 16.7. The average molecular weight is 356 g/mol. The fourth-order valence-electron chi connectivity index (χ4n) is 3.45. The second-order valence-corrected chi connectivity index (χ2v) is 6.87. The maximum atomic E-state index is 10.8. The summed E-state index contributed by atoms with van der Waals surface area (Å²) in [5.41, 5.74) is 2.01. The maximum Gasteiger partial charge on any atom is 0.184 e. The molecule has 2 fully saturated rings. The summed E-state index contributed by atoms with van der Waals surface area (Å²) < 4.78 is 23.8. The van der Waals surface area contributed by atoms with E-state index in [4.69, 9.17) is 18.9 Å². The number of ether oxygens (including phenoxy) is 4. The molecule has 0 spiro atoms. The Kier molecular flexibility index (Phi) is 5.33. The topological polar surface area (TPSA) is 57.2 Å². The monoisotopic (exact) mass is 356 g/mol. The Labute approximate surface area is 153 Å². The molecular formula is C21H24O5. The van der Waals surface area contributed by atoms with Crippen LogP contribution >= 0.6 is 0 Å². The predicted molar refractivity (Wildman–Crippen MR) is 95.1 cm³/mol. The van der Waals surface area contributed by atoms with Crippen molar-refractivity contribution in [3.63, 3.8) is 0 Å². The number of aliphatic hydroxyl groups excluding tert-OH is 1. The molecule has 0 amide bonds. The van der Waals surface area contributed by atoms with Gasteiger partial charge in [-0.2, -0.15) is 0 Å². The van der Waals surface area contributed by atoms with Crippen LogP contribution in [0.2, 0.25) is 0 Å². The highest BCUT2D eigenvalue weighted by molar-refractivity contribution is 5.17. The van der Waals surface area contributed by atoms with Crippen LogP contribution in [0.4, 0.5) is 0 Å². The Morgan fingerprint density at radius 3 is 2.42 bits per heavy atom. The van der Waals surface area contributed by atoms with Crippen molar-refractivity contribution in [1.82, 2.24) is 0 Å². The van der Waals surface area contributed by atoms with E-state index in [0.717, 1.165) is 11.1 Å². The summed E-state index contributed by atoms with van der Waals surface area (Å²) >= 11 is 0. The lowest BCUT2D eigenvalue weighted by atomic mass is 9.91. The second kappa shape index (κ2) is 7.86. The van der Waals surface area contributed by atoms with Crippen LogP contribution in [0.15, 0.2) is 60.7 Å². The highest BCUT2D eigenvalue weighted by Crippen LogP contribution is 2.36. The zero-order valence-corrected chi connectivity index (χ0v) is 14.7. The minimum Gasteiger partial charge on any atom is -0.390 e. The summed E-state index contributed by atoms with van der Waals surface area (Å²) in [6.07, 6.45) is -2.43. The van der Waals surface area contributed by atoms with Gasteiger partial charge in [-0.15, -0.1) is 0 Å². The lowest BCUT2D eigenvalue weighted by Crippen LogP contribution is -2.59. The van der Waals surface area contributed by atoms with E-state index in [1.54, 1.807) is 0 Å². The van der Waals surface area contributed by atoms with Crippen molar-refractivity contribution < 1.29 is 24.1 Å². The van der Waals surface area contributed by atoms with Gasteiger partial charge in [0.05, 0.1) is 19.3 Å². The maximum absolute atomic E-state index is 10.8. The van der Waals surface area contributed by atoms with E-state index in [1.165, 1.54) is 0 Å². The summed E-state index contributed by atoms with van der Waals surface area (Å²) in [4.78, 5) is 0. The van der Waals surface area contributed by atoms with Crippen molar-refractivity contribution >= 4 is 0 Å². The van der Waals surface area contributed by atoms with Crippen molar-refractivity contribution in [3.05, 3.63) is 71.8 Å². The van der Waals surface area contributed by atoms with Crippen molar-refractivity contribution in [2.45, 2.75) is 44.4 Å². The van der Waals surface area contributed by atoms with E-state index in [0.29, 0.717) is 13.2 Å². The Hall–Kier alpha value is -1.76. The van der Waals surface area contributed by atoms with Crippen molar-refractivity contribution in [1.29, 1.82) is 0 Å². The van der Waals surface area contributed by atoms with Gasteiger partial charge in [0.2, 0.25) is 0 Å². The largest absolute Gasteiger partial charge is 0.390 e. The number of fused-ring (bicyclic) bond motifs is 1. The SMILES string of the molecule is CC1[C@H](OCc2ccccc2)OC2COC(c3ccccc3)O[C@@H]2[C@@H]1O. The highest BCUT2D eigenvalue weighted by Gasteiger charge is 2.48. The van der Waals surface area contributed by atoms with Gasteiger partial charge in [-0.1, -0.05) is 67.6 Å². The van der Waals surface area contributed by atoms with E-state index in [2.05, 4.69) is 0 Å². The Balaban J connectivity index is 1.40. The van der Waals surface area contributed by atoms with Crippen LogP contribution in [-0.2, 0) is 25.6 Å². The molecule has 0 aromatic heterocycles. The molecule has 0 saturated carbocycles. The fourth-order valence-corrected chi connectivity index (χ4v) is 3.45. The van der Waals surface area contributed by atoms with Gasteiger partial charge in [0, 0.05) is 11.5 Å². The molecule has 138 valence electrons. The summed E-state index contributed by atoms with van der Waals surface area (Å²) in [5.74, 6) is -0.200. The van der Waals surface area contributed by atoms with Crippen LogP contribution in [-0.4, -0.2) is 36.3 Å². The number of benzene rings is 2. The molecular weight excluding hydrogens is 332 g/mol. The first kappa shape index (κ1) is 17.6. The average Bonchev–Trinajstić information content (AvgIpc) is 2.71. The van der Waals surface area contributed by atoms with E-state index in [-0.39, 0.29) is 12.0 Å². The Morgan fingerprint density at radius 2 is 1.69 bits per heavy atom. The second-order valence-electron chi connectivity index (χ2n) is 6.87. The number of hydrogen-bond donors (Lipinski definition) is 1. The zero-order chi connectivity index (χ0) is 17.9. The van der Waals surface area contributed by atoms with Gasteiger partial charge < -0.3 is 24.1 Å². The first-order valence-electron chi connectivity index (χ1n) is 9.03. The van der Waals surface area contributed by atoms with E-state index in [1.807, 2.05) is 67.6 Å². The molecule has 2 aliphatic heterocycles. The van der Waals surface area contributed by atoms with Gasteiger partial charge in [-0.05, 0) is 5.56 Å². The molecule has 5 heteroatoms. The third kappa shape index (κ3) is 3.68. The number of hydrogen-bond acceptors (Lipinski definition) is 5. The molecule has 2 aliphatic rings. The summed E-state index contributed by atoms with van der Waals surface area (Å²) in [6.45, 7) is 2.72. The van der Waals surface area contributed by atoms with Crippen LogP contribution in [0.5, 0.6) is 0 Å².